The summed E-state index contributed by atoms with van der Waals surface area (Å²) >= 11 is 1.17. The van der Waals surface area contributed by atoms with Crippen LogP contribution in [0.5, 0.6) is 5.75 Å². The second-order valence-electron chi connectivity index (χ2n) is 6.63. The summed E-state index contributed by atoms with van der Waals surface area (Å²) in [6.45, 7) is 0. The van der Waals surface area contributed by atoms with E-state index in [1.807, 2.05) is 0 Å². The van der Waals surface area contributed by atoms with Gasteiger partial charge >= 0.3 is 5.97 Å². The summed E-state index contributed by atoms with van der Waals surface area (Å²) in [5.41, 5.74) is 1.24. The molecule has 166 valence electrons. The van der Waals surface area contributed by atoms with Crippen LogP contribution >= 0.6 is 11.8 Å². The van der Waals surface area contributed by atoms with Gasteiger partial charge in [0.25, 0.3) is 0 Å². The summed E-state index contributed by atoms with van der Waals surface area (Å²) in [5, 5.41) is 23.0. The van der Waals surface area contributed by atoms with E-state index in [1.165, 1.54) is 36.0 Å². The van der Waals surface area contributed by atoms with Crippen LogP contribution in [0.25, 0.3) is 0 Å². The summed E-state index contributed by atoms with van der Waals surface area (Å²) < 4.78 is 6.80. The number of nitrogens with one attached hydrogen (secondary N) is 2. The Morgan fingerprint density at radius 2 is 1.75 bits per heavy atom. The van der Waals surface area contributed by atoms with Crippen LogP contribution in [0.4, 0.5) is 11.4 Å². The number of benzene rings is 2. The highest BCUT2D eigenvalue weighted by molar-refractivity contribution is 7.99. The summed E-state index contributed by atoms with van der Waals surface area (Å²) in [4.78, 5) is 35.4. The predicted octanol–water partition coefficient (Wildman–Crippen LogP) is 2.43. The Hall–Kier alpha value is -3.86. The van der Waals surface area contributed by atoms with Crippen LogP contribution in [0, 0.1) is 0 Å². The lowest BCUT2D eigenvalue weighted by Gasteiger charge is -2.07. The fourth-order valence-electron chi connectivity index (χ4n) is 2.70. The van der Waals surface area contributed by atoms with Gasteiger partial charge in [-0.2, -0.15) is 0 Å². The van der Waals surface area contributed by atoms with Gasteiger partial charge in [-0.15, -0.1) is 10.2 Å². The molecule has 1 aromatic heterocycles. The molecule has 3 aromatic rings. The Balaban J connectivity index is 1.52. The lowest BCUT2D eigenvalue weighted by Crippen LogP contribution is -2.17. The van der Waals surface area contributed by atoms with E-state index in [0.29, 0.717) is 28.1 Å². The highest BCUT2D eigenvalue weighted by Crippen LogP contribution is 2.19. The maximum Gasteiger partial charge on any atom is 0.335 e. The van der Waals surface area contributed by atoms with Crippen LogP contribution < -0.4 is 15.4 Å². The molecule has 0 aliphatic carbocycles. The SMILES string of the molecule is COc1cccc(NC(=O)Cc2nnc(SCC(=O)Nc3ccc(C(=O)O)cc3)n2C)c1. The molecule has 0 radical (unpaired) electrons. The molecule has 0 saturated heterocycles. The van der Waals surface area contributed by atoms with Gasteiger partial charge in [0, 0.05) is 24.5 Å². The maximum atomic E-state index is 12.3. The van der Waals surface area contributed by atoms with Crippen molar-refractivity contribution >= 4 is 40.9 Å². The lowest BCUT2D eigenvalue weighted by molar-refractivity contribution is -0.116. The molecule has 1 heterocycles. The molecule has 0 aliphatic heterocycles. The first-order valence-corrected chi connectivity index (χ1v) is 10.4. The zero-order valence-electron chi connectivity index (χ0n) is 17.4. The molecule has 0 saturated carbocycles. The quantitative estimate of drug-likeness (QED) is 0.419. The molecule has 0 fully saturated rings. The number of methoxy groups -OCH3 is 1. The number of anilines is 2. The van der Waals surface area contributed by atoms with E-state index in [1.54, 1.807) is 43.0 Å². The Labute approximate surface area is 188 Å². The molecule has 0 spiro atoms. The van der Waals surface area contributed by atoms with Gasteiger partial charge in [-0.25, -0.2) is 4.79 Å². The number of hydrogen-bond acceptors (Lipinski definition) is 7. The largest absolute Gasteiger partial charge is 0.497 e. The van der Waals surface area contributed by atoms with E-state index in [0.717, 1.165) is 0 Å². The average Bonchev–Trinajstić information content (AvgIpc) is 3.11. The van der Waals surface area contributed by atoms with Crippen molar-refractivity contribution in [3.8, 4) is 5.75 Å². The predicted molar refractivity (Wildman–Crippen MR) is 119 cm³/mol. The van der Waals surface area contributed by atoms with Gasteiger partial charge in [-0.05, 0) is 36.4 Å². The highest BCUT2D eigenvalue weighted by Gasteiger charge is 2.15. The Bertz CT molecular complexity index is 1130. The normalized spacial score (nSPS) is 10.4. The molecule has 11 heteroatoms. The van der Waals surface area contributed by atoms with Gasteiger partial charge < -0.3 is 25.0 Å². The number of aromatic nitrogens is 3. The Morgan fingerprint density at radius 1 is 1.03 bits per heavy atom. The molecular formula is C21H21N5O5S. The number of amides is 2. The van der Waals surface area contributed by atoms with Crippen LogP contribution in [0.3, 0.4) is 0 Å². The molecule has 0 bridgehead atoms. The van der Waals surface area contributed by atoms with Gasteiger partial charge in [-0.1, -0.05) is 17.8 Å². The second-order valence-corrected chi connectivity index (χ2v) is 7.58. The third-order valence-electron chi connectivity index (χ3n) is 4.35. The summed E-state index contributed by atoms with van der Waals surface area (Å²) in [6, 6.07) is 12.9. The molecule has 0 aliphatic rings. The van der Waals surface area contributed by atoms with Crippen LogP contribution in [0.15, 0.2) is 53.7 Å². The zero-order valence-corrected chi connectivity index (χ0v) is 18.2. The minimum absolute atomic E-state index is 0.0173. The van der Waals surface area contributed by atoms with E-state index in [4.69, 9.17) is 9.84 Å². The first kappa shape index (κ1) is 22.8. The summed E-state index contributed by atoms with van der Waals surface area (Å²) in [5.74, 6) is -0.406. The summed E-state index contributed by atoms with van der Waals surface area (Å²) in [6.07, 6.45) is 0.0173. The smallest absolute Gasteiger partial charge is 0.335 e. The minimum Gasteiger partial charge on any atom is -0.497 e. The van der Waals surface area contributed by atoms with Crippen LogP contribution in [0.2, 0.25) is 0 Å². The van der Waals surface area contributed by atoms with Crippen molar-refractivity contribution in [2.75, 3.05) is 23.5 Å². The van der Waals surface area contributed by atoms with Gasteiger partial charge in [-0.3, -0.25) is 9.59 Å². The van der Waals surface area contributed by atoms with Crippen molar-refractivity contribution in [1.29, 1.82) is 0 Å². The number of aromatic carboxylic acids is 1. The van der Waals surface area contributed by atoms with Gasteiger partial charge in [0.2, 0.25) is 11.8 Å². The number of carbonyl (C=O) groups excluding carboxylic acids is 2. The summed E-state index contributed by atoms with van der Waals surface area (Å²) in [7, 11) is 3.27. The van der Waals surface area contributed by atoms with Crippen molar-refractivity contribution in [2.24, 2.45) is 7.05 Å². The van der Waals surface area contributed by atoms with Crippen LogP contribution in [0.1, 0.15) is 16.2 Å². The standard InChI is InChI=1S/C21H21N5O5S/c1-26-17(11-18(27)23-15-4-3-5-16(10-15)31-2)24-25-21(26)32-12-19(28)22-14-8-6-13(7-9-14)20(29)30/h3-10H,11-12H2,1-2H3,(H,22,28)(H,23,27)(H,29,30). The molecule has 3 N–H and O–H groups in total. The molecule has 32 heavy (non-hydrogen) atoms. The van der Waals surface area contributed by atoms with E-state index < -0.39 is 5.97 Å². The maximum absolute atomic E-state index is 12.3. The van der Waals surface area contributed by atoms with Crippen molar-refractivity contribution in [2.45, 2.75) is 11.6 Å². The number of carbonyl (C=O) groups is 3. The van der Waals surface area contributed by atoms with Crippen LogP contribution in [-0.2, 0) is 23.1 Å². The third kappa shape index (κ3) is 6.08. The van der Waals surface area contributed by atoms with E-state index in [-0.39, 0.29) is 29.6 Å². The van der Waals surface area contributed by atoms with E-state index in [2.05, 4.69) is 20.8 Å². The zero-order chi connectivity index (χ0) is 23.1. The fourth-order valence-corrected chi connectivity index (χ4v) is 3.43. The number of carboxylic acid groups (broad SMARTS) is 1. The monoisotopic (exact) mass is 455 g/mol. The number of nitrogens with zero attached hydrogens (tertiary/aromatic N) is 3. The van der Waals surface area contributed by atoms with Crippen LogP contribution in [-0.4, -0.2) is 50.5 Å². The fraction of sp³-hybridized carbons (Fsp3) is 0.190. The molecule has 2 aromatic carbocycles. The van der Waals surface area contributed by atoms with Gasteiger partial charge in [0.05, 0.1) is 24.8 Å². The molecular weight excluding hydrogens is 434 g/mol. The molecule has 10 nitrogen and oxygen atoms in total. The second kappa shape index (κ2) is 10.4. The number of ether oxygens (including phenoxy) is 1. The van der Waals surface area contributed by atoms with E-state index >= 15 is 0 Å². The van der Waals surface area contributed by atoms with Gasteiger partial charge in [0.1, 0.15) is 11.6 Å². The number of rotatable bonds is 9. The number of carboxylic acids is 1. The van der Waals surface area contributed by atoms with Gasteiger partial charge in [0.15, 0.2) is 5.16 Å². The van der Waals surface area contributed by atoms with E-state index in [9.17, 15) is 14.4 Å². The molecule has 3 rings (SSSR count). The Kier molecular flexibility index (Phi) is 7.45. The molecule has 0 atom stereocenters. The lowest BCUT2D eigenvalue weighted by atomic mass is 10.2. The number of hydrogen-bond donors (Lipinski definition) is 3. The molecule has 2 amide bonds. The first-order chi connectivity index (χ1) is 15.4. The minimum atomic E-state index is -1.03. The third-order valence-corrected chi connectivity index (χ3v) is 5.37. The molecule has 0 unspecified atom stereocenters. The van der Waals surface area contributed by atoms with Crippen molar-refractivity contribution in [3.05, 3.63) is 59.9 Å². The topological polar surface area (TPSA) is 135 Å². The van der Waals surface area contributed by atoms with Crippen molar-refractivity contribution < 1.29 is 24.2 Å². The van der Waals surface area contributed by atoms with Crippen molar-refractivity contribution in [1.82, 2.24) is 14.8 Å². The Morgan fingerprint density at radius 3 is 2.44 bits per heavy atom. The number of thioether (sulfide) groups is 1. The van der Waals surface area contributed by atoms with Crippen molar-refractivity contribution in [3.63, 3.8) is 0 Å². The average molecular weight is 455 g/mol. The first-order valence-electron chi connectivity index (χ1n) is 9.44. The highest BCUT2D eigenvalue weighted by atomic mass is 32.2.